The van der Waals surface area contributed by atoms with Gasteiger partial charge in [0.15, 0.2) is 11.5 Å². The summed E-state index contributed by atoms with van der Waals surface area (Å²) in [5, 5.41) is 0. The number of nitrogens with zero attached hydrogens (tertiary/aromatic N) is 2. The molecular weight excluding hydrogens is 358 g/mol. The second-order valence-electron chi connectivity index (χ2n) is 7.76. The molecule has 7 nitrogen and oxygen atoms in total. The SMILES string of the molecule is COc1cc(CN2CCN(C(=O)C3CCCC(N)C3)CC2)cc(OC)c1OC. The molecule has 28 heavy (non-hydrogen) atoms. The van der Waals surface area contributed by atoms with Gasteiger partial charge in [-0.25, -0.2) is 0 Å². The van der Waals surface area contributed by atoms with E-state index in [2.05, 4.69) is 4.90 Å². The molecule has 0 aromatic heterocycles. The van der Waals surface area contributed by atoms with Gasteiger partial charge in [-0.05, 0) is 37.0 Å². The number of amides is 1. The quantitative estimate of drug-likeness (QED) is 0.798. The maximum Gasteiger partial charge on any atom is 0.225 e. The predicted molar refractivity (Wildman–Crippen MR) is 108 cm³/mol. The lowest BCUT2D eigenvalue weighted by atomic mass is 9.85. The fraction of sp³-hybridized carbons (Fsp3) is 0.667. The molecule has 0 bridgehead atoms. The Labute approximate surface area is 167 Å². The highest BCUT2D eigenvalue weighted by atomic mass is 16.5. The first-order chi connectivity index (χ1) is 13.5. The number of piperazine rings is 1. The molecule has 2 N–H and O–H groups in total. The zero-order valence-electron chi connectivity index (χ0n) is 17.3. The van der Waals surface area contributed by atoms with Crippen molar-refractivity contribution in [1.82, 2.24) is 9.80 Å². The summed E-state index contributed by atoms with van der Waals surface area (Å²) in [4.78, 5) is 17.2. The normalized spacial score (nSPS) is 23.4. The third-order valence-corrected chi connectivity index (χ3v) is 5.88. The van der Waals surface area contributed by atoms with E-state index in [1.165, 1.54) is 0 Å². The Kier molecular flexibility index (Phi) is 7.02. The summed E-state index contributed by atoms with van der Waals surface area (Å²) in [5.74, 6) is 2.35. The highest BCUT2D eigenvalue weighted by Crippen LogP contribution is 2.38. The van der Waals surface area contributed by atoms with Gasteiger partial charge in [0.1, 0.15) is 0 Å². The third-order valence-electron chi connectivity index (χ3n) is 5.88. The fourth-order valence-corrected chi connectivity index (χ4v) is 4.32. The molecule has 0 spiro atoms. The van der Waals surface area contributed by atoms with Crippen LogP contribution in [0.3, 0.4) is 0 Å². The minimum atomic E-state index is 0.116. The Morgan fingerprint density at radius 2 is 1.68 bits per heavy atom. The average molecular weight is 392 g/mol. The Morgan fingerprint density at radius 1 is 1.04 bits per heavy atom. The van der Waals surface area contributed by atoms with Crippen LogP contribution in [0.5, 0.6) is 17.2 Å². The maximum absolute atomic E-state index is 12.8. The molecule has 3 rings (SSSR count). The number of ether oxygens (including phenoxy) is 3. The molecule has 1 saturated carbocycles. The Hall–Kier alpha value is -1.99. The van der Waals surface area contributed by atoms with Gasteiger partial charge in [0.2, 0.25) is 11.7 Å². The Morgan fingerprint density at radius 3 is 2.21 bits per heavy atom. The molecule has 1 heterocycles. The van der Waals surface area contributed by atoms with Crippen molar-refractivity contribution in [2.24, 2.45) is 11.7 Å². The largest absolute Gasteiger partial charge is 0.493 e. The summed E-state index contributed by atoms with van der Waals surface area (Å²) < 4.78 is 16.3. The summed E-state index contributed by atoms with van der Waals surface area (Å²) in [6.45, 7) is 4.05. The molecule has 2 unspecified atom stereocenters. The summed E-state index contributed by atoms with van der Waals surface area (Å²) in [6, 6.07) is 4.16. The molecule has 156 valence electrons. The van der Waals surface area contributed by atoms with Gasteiger partial charge in [0.05, 0.1) is 21.3 Å². The van der Waals surface area contributed by atoms with Crippen LogP contribution in [-0.4, -0.2) is 69.3 Å². The molecule has 2 aliphatic rings. The lowest BCUT2D eigenvalue weighted by Gasteiger charge is -2.38. The monoisotopic (exact) mass is 391 g/mol. The van der Waals surface area contributed by atoms with Gasteiger partial charge in [-0.15, -0.1) is 0 Å². The summed E-state index contributed by atoms with van der Waals surface area (Å²) in [7, 11) is 4.86. The number of carbonyl (C=O) groups excluding carboxylic acids is 1. The van der Waals surface area contributed by atoms with Crippen LogP contribution < -0.4 is 19.9 Å². The van der Waals surface area contributed by atoms with Crippen molar-refractivity contribution in [3.05, 3.63) is 17.7 Å². The Balaban J connectivity index is 1.57. The second-order valence-corrected chi connectivity index (χ2v) is 7.76. The number of hydrogen-bond donors (Lipinski definition) is 1. The summed E-state index contributed by atoms with van der Waals surface area (Å²) >= 11 is 0. The molecule has 1 aliphatic heterocycles. The van der Waals surface area contributed by atoms with Crippen LogP contribution in [-0.2, 0) is 11.3 Å². The van der Waals surface area contributed by atoms with Crippen LogP contribution in [0.15, 0.2) is 12.1 Å². The smallest absolute Gasteiger partial charge is 0.225 e. The zero-order valence-corrected chi connectivity index (χ0v) is 17.3. The van der Waals surface area contributed by atoms with Crippen LogP contribution in [0.4, 0.5) is 0 Å². The standard InChI is InChI=1S/C21H33N3O4/c1-26-18-11-15(12-19(27-2)20(18)28-3)14-23-7-9-24(10-8-23)21(25)16-5-4-6-17(22)13-16/h11-12,16-17H,4-10,13-14,22H2,1-3H3. The molecular formula is C21H33N3O4. The fourth-order valence-electron chi connectivity index (χ4n) is 4.32. The molecule has 2 fully saturated rings. The molecule has 7 heteroatoms. The van der Waals surface area contributed by atoms with Crippen LogP contribution in [0.25, 0.3) is 0 Å². The lowest BCUT2D eigenvalue weighted by Crippen LogP contribution is -2.50. The number of methoxy groups -OCH3 is 3. The van der Waals surface area contributed by atoms with Crippen molar-refractivity contribution in [1.29, 1.82) is 0 Å². The Bertz CT molecular complexity index is 649. The summed E-state index contributed by atoms with van der Waals surface area (Å²) in [6.07, 6.45) is 3.94. The van der Waals surface area contributed by atoms with Crippen molar-refractivity contribution >= 4 is 5.91 Å². The highest BCUT2D eigenvalue weighted by molar-refractivity contribution is 5.79. The maximum atomic E-state index is 12.8. The minimum Gasteiger partial charge on any atom is -0.493 e. The van der Waals surface area contributed by atoms with E-state index in [0.29, 0.717) is 23.2 Å². The van der Waals surface area contributed by atoms with Gasteiger partial charge in [-0.3, -0.25) is 9.69 Å². The molecule has 1 amide bonds. The lowest BCUT2D eigenvalue weighted by molar-refractivity contribution is -0.138. The van der Waals surface area contributed by atoms with Crippen molar-refractivity contribution in [3.63, 3.8) is 0 Å². The van der Waals surface area contributed by atoms with Gasteiger partial charge in [0.25, 0.3) is 0 Å². The van der Waals surface area contributed by atoms with E-state index >= 15 is 0 Å². The van der Waals surface area contributed by atoms with Crippen LogP contribution >= 0.6 is 0 Å². The van der Waals surface area contributed by atoms with E-state index < -0.39 is 0 Å². The van der Waals surface area contributed by atoms with Crippen LogP contribution in [0.2, 0.25) is 0 Å². The van der Waals surface area contributed by atoms with E-state index in [-0.39, 0.29) is 12.0 Å². The van der Waals surface area contributed by atoms with E-state index in [1.807, 2.05) is 17.0 Å². The van der Waals surface area contributed by atoms with Crippen molar-refractivity contribution < 1.29 is 19.0 Å². The molecule has 1 aromatic carbocycles. The molecule has 0 radical (unpaired) electrons. The van der Waals surface area contributed by atoms with E-state index in [1.54, 1.807) is 21.3 Å². The van der Waals surface area contributed by atoms with Gasteiger partial charge in [-0.2, -0.15) is 0 Å². The van der Waals surface area contributed by atoms with Gasteiger partial charge in [-0.1, -0.05) is 6.42 Å². The van der Waals surface area contributed by atoms with E-state index in [4.69, 9.17) is 19.9 Å². The third kappa shape index (κ3) is 4.70. The van der Waals surface area contributed by atoms with Gasteiger partial charge >= 0.3 is 0 Å². The van der Waals surface area contributed by atoms with E-state index in [9.17, 15) is 4.79 Å². The average Bonchev–Trinajstić information content (AvgIpc) is 2.73. The number of nitrogens with two attached hydrogens (primary N) is 1. The van der Waals surface area contributed by atoms with Crippen LogP contribution in [0.1, 0.15) is 31.2 Å². The number of carbonyl (C=O) groups is 1. The van der Waals surface area contributed by atoms with Crippen molar-refractivity contribution in [2.45, 2.75) is 38.3 Å². The second kappa shape index (κ2) is 9.47. The highest BCUT2D eigenvalue weighted by Gasteiger charge is 2.30. The van der Waals surface area contributed by atoms with Crippen LogP contribution in [0, 0.1) is 5.92 Å². The topological polar surface area (TPSA) is 77.3 Å². The van der Waals surface area contributed by atoms with Crippen molar-refractivity contribution in [2.75, 3.05) is 47.5 Å². The number of benzene rings is 1. The van der Waals surface area contributed by atoms with E-state index in [0.717, 1.165) is 64.0 Å². The molecule has 2 atom stereocenters. The molecule has 1 saturated heterocycles. The van der Waals surface area contributed by atoms with Crippen molar-refractivity contribution in [3.8, 4) is 17.2 Å². The number of rotatable bonds is 6. The first-order valence-electron chi connectivity index (χ1n) is 10.1. The molecule has 1 aromatic rings. The minimum absolute atomic E-state index is 0.116. The van der Waals surface area contributed by atoms with Gasteiger partial charge < -0.3 is 24.8 Å². The van der Waals surface area contributed by atoms with Gasteiger partial charge in [0, 0.05) is 44.7 Å². The summed E-state index contributed by atoms with van der Waals surface area (Å²) in [5.41, 5.74) is 7.16. The number of hydrogen-bond acceptors (Lipinski definition) is 6. The first kappa shape index (κ1) is 20.7. The predicted octanol–water partition coefficient (Wildman–Crippen LogP) is 1.87. The first-order valence-corrected chi connectivity index (χ1v) is 10.1. The molecule has 1 aliphatic carbocycles. The zero-order chi connectivity index (χ0) is 20.1.